The number of carbonyl (C=O) groups excluding carboxylic acids is 1. The summed E-state index contributed by atoms with van der Waals surface area (Å²) in [6, 6.07) is 17.4. The third-order valence-electron chi connectivity index (χ3n) is 3.20. The summed E-state index contributed by atoms with van der Waals surface area (Å²) in [5, 5.41) is 6.14. The van der Waals surface area contributed by atoms with Gasteiger partial charge in [0.05, 0.1) is 18.8 Å². The number of ether oxygens (including phenoxy) is 1. The van der Waals surface area contributed by atoms with Gasteiger partial charge in [0.1, 0.15) is 6.17 Å². The molecule has 4 nitrogen and oxygen atoms in total. The summed E-state index contributed by atoms with van der Waals surface area (Å²) < 4.78 is 5.65. The lowest BCUT2D eigenvalue weighted by molar-refractivity contribution is 0.0816. The highest BCUT2D eigenvalue weighted by Gasteiger charge is 2.22. The standard InChI is InChI=1S/C16H16N2O2/c19-16-13-8-4-5-9-14(13)17-15(18-16)11-20-10-12-6-2-1-3-7-12/h1-9,15,17H,10-11H2,(H,18,19). The molecule has 4 heteroatoms. The molecule has 0 aromatic heterocycles. The molecular weight excluding hydrogens is 252 g/mol. The van der Waals surface area contributed by atoms with E-state index in [2.05, 4.69) is 10.6 Å². The van der Waals surface area contributed by atoms with Crippen molar-refractivity contribution in [2.24, 2.45) is 0 Å². The fourth-order valence-electron chi connectivity index (χ4n) is 2.22. The van der Waals surface area contributed by atoms with Crippen molar-refractivity contribution in [2.45, 2.75) is 12.8 Å². The second-order valence-electron chi connectivity index (χ2n) is 4.72. The number of nitrogens with one attached hydrogen (secondary N) is 2. The Labute approximate surface area is 117 Å². The summed E-state index contributed by atoms with van der Waals surface area (Å²) in [6.07, 6.45) is -0.193. The Kier molecular flexibility index (Phi) is 3.65. The summed E-state index contributed by atoms with van der Waals surface area (Å²) in [4.78, 5) is 11.9. The van der Waals surface area contributed by atoms with Crippen LogP contribution in [0.2, 0.25) is 0 Å². The highest BCUT2D eigenvalue weighted by molar-refractivity contribution is 6.01. The Morgan fingerprint density at radius 3 is 2.55 bits per heavy atom. The van der Waals surface area contributed by atoms with E-state index in [1.54, 1.807) is 6.07 Å². The van der Waals surface area contributed by atoms with Gasteiger partial charge in [-0.3, -0.25) is 4.79 Å². The van der Waals surface area contributed by atoms with E-state index in [1.807, 2.05) is 48.5 Å². The third-order valence-corrected chi connectivity index (χ3v) is 3.20. The monoisotopic (exact) mass is 268 g/mol. The normalized spacial score (nSPS) is 17.0. The van der Waals surface area contributed by atoms with Gasteiger partial charge < -0.3 is 15.4 Å². The predicted molar refractivity (Wildman–Crippen MR) is 77.4 cm³/mol. The molecule has 1 heterocycles. The number of rotatable bonds is 4. The molecule has 1 aliphatic rings. The number of hydrogen-bond donors (Lipinski definition) is 2. The molecule has 2 aromatic carbocycles. The fraction of sp³-hybridized carbons (Fsp3) is 0.188. The van der Waals surface area contributed by atoms with Crippen molar-refractivity contribution in [1.82, 2.24) is 5.32 Å². The van der Waals surface area contributed by atoms with Gasteiger partial charge >= 0.3 is 0 Å². The highest BCUT2D eigenvalue weighted by Crippen LogP contribution is 2.19. The molecule has 0 saturated carbocycles. The van der Waals surface area contributed by atoms with Crippen molar-refractivity contribution in [3.8, 4) is 0 Å². The van der Waals surface area contributed by atoms with Gasteiger partial charge in [0.15, 0.2) is 0 Å². The molecule has 0 saturated heterocycles. The molecule has 3 rings (SSSR count). The van der Waals surface area contributed by atoms with Crippen LogP contribution in [0, 0.1) is 0 Å². The smallest absolute Gasteiger partial charge is 0.255 e. The molecule has 2 aromatic rings. The van der Waals surface area contributed by atoms with Crippen LogP contribution < -0.4 is 10.6 Å². The molecule has 1 aliphatic heterocycles. The zero-order valence-corrected chi connectivity index (χ0v) is 11.0. The number of anilines is 1. The third kappa shape index (κ3) is 2.81. The lowest BCUT2D eigenvalue weighted by atomic mass is 10.1. The van der Waals surface area contributed by atoms with Crippen molar-refractivity contribution in [3.63, 3.8) is 0 Å². The van der Waals surface area contributed by atoms with Crippen LogP contribution in [0.15, 0.2) is 54.6 Å². The molecule has 0 spiro atoms. The number of para-hydroxylation sites is 1. The van der Waals surface area contributed by atoms with Crippen LogP contribution in [0.5, 0.6) is 0 Å². The van der Waals surface area contributed by atoms with Crippen molar-refractivity contribution in [3.05, 3.63) is 65.7 Å². The van der Waals surface area contributed by atoms with Crippen LogP contribution in [0.25, 0.3) is 0 Å². The summed E-state index contributed by atoms with van der Waals surface area (Å²) in [5.74, 6) is -0.0624. The second-order valence-corrected chi connectivity index (χ2v) is 4.72. The lowest BCUT2D eigenvalue weighted by Crippen LogP contribution is -2.47. The van der Waals surface area contributed by atoms with E-state index < -0.39 is 0 Å². The van der Waals surface area contributed by atoms with Crippen LogP contribution in [0.3, 0.4) is 0 Å². The van der Waals surface area contributed by atoms with Gasteiger partial charge in [0.2, 0.25) is 0 Å². The molecule has 1 unspecified atom stereocenters. The maximum atomic E-state index is 11.9. The Morgan fingerprint density at radius 1 is 0.950 bits per heavy atom. The van der Waals surface area contributed by atoms with Crippen LogP contribution in [0.4, 0.5) is 5.69 Å². The number of fused-ring (bicyclic) bond motifs is 1. The van der Waals surface area contributed by atoms with Crippen LogP contribution in [-0.4, -0.2) is 18.7 Å². The van der Waals surface area contributed by atoms with E-state index >= 15 is 0 Å². The average Bonchev–Trinajstić information content (AvgIpc) is 2.48. The molecule has 0 bridgehead atoms. The molecular formula is C16H16N2O2. The van der Waals surface area contributed by atoms with Gasteiger partial charge in [-0.25, -0.2) is 0 Å². The minimum atomic E-state index is -0.193. The summed E-state index contributed by atoms with van der Waals surface area (Å²) in [6.45, 7) is 0.964. The molecule has 2 N–H and O–H groups in total. The predicted octanol–water partition coefficient (Wildman–Crippen LogP) is 2.38. The molecule has 0 radical (unpaired) electrons. The van der Waals surface area contributed by atoms with Gasteiger partial charge in [-0.05, 0) is 17.7 Å². The molecule has 1 amide bonds. The van der Waals surface area contributed by atoms with Crippen LogP contribution in [-0.2, 0) is 11.3 Å². The summed E-state index contributed by atoms with van der Waals surface area (Å²) in [5.41, 5.74) is 2.64. The Bertz CT molecular complexity index is 598. The first-order valence-corrected chi connectivity index (χ1v) is 6.61. The first kappa shape index (κ1) is 12.7. The Morgan fingerprint density at radius 2 is 1.70 bits per heavy atom. The molecule has 0 aliphatic carbocycles. The number of amides is 1. The van der Waals surface area contributed by atoms with Crippen LogP contribution >= 0.6 is 0 Å². The fourth-order valence-corrected chi connectivity index (χ4v) is 2.22. The second kappa shape index (κ2) is 5.75. The van der Waals surface area contributed by atoms with E-state index in [1.165, 1.54) is 0 Å². The molecule has 102 valence electrons. The average molecular weight is 268 g/mol. The van der Waals surface area contributed by atoms with E-state index in [4.69, 9.17) is 4.74 Å². The van der Waals surface area contributed by atoms with E-state index in [0.717, 1.165) is 11.3 Å². The quantitative estimate of drug-likeness (QED) is 0.895. The van der Waals surface area contributed by atoms with Crippen LogP contribution in [0.1, 0.15) is 15.9 Å². The van der Waals surface area contributed by atoms with E-state index in [9.17, 15) is 4.79 Å². The van der Waals surface area contributed by atoms with Gasteiger partial charge in [0.25, 0.3) is 5.91 Å². The zero-order valence-electron chi connectivity index (χ0n) is 11.0. The maximum absolute atomic E-state index is 11.9. The van der Waals surface area contributed by atoms with Crippen molar-refractivity contribution in [1.29, 1.82) is 0 Å². The van der Waals surface area contributed by atoms with E-state index in [0.29, 0.717) is 18.8 Å². The van der Waals surface area contributed by atoms with Gasteiger partial charge in [-0.15, -0.1) is 0 Å². The molecule has 1 atom stereocenters. The minimum Gasteiger partial charge on any atom is -0.373 e. The minimum absolute atomic E-state index is 0.0624. The number of benzene rings is 2. The van der Waals surface area contributed by atoms with Gasteiger partial charge in [-0.1, -0.05) is 42.5 Å². The summed E-state index contributed by atoms with van der Waals surface area (Å²) >= 11 is 0. The van der Waals surface area contributed by atoms with E-state index in [-0.39, 0.29) is 12.1 Å². The Balaban J connectivity index is 1.57. The number of carbonyl (C=O) groups is 1. The molecule has 0 fully saturated rings. The SMILES string of the molecule is O=C1NC(COCc2ccccc2)Nc2ccccc21. The zero-order chi connectivity index (χ0) is 13.8. The first-order chi connectivity index (χ1) is 9.83. The van der Waals surface area contributed by atoms with Gasteiger partial charge in [-0.2, -0.15) is 0 Å². The topological polar surface area (TPSA) is 50.4 Å². The first-order valence-electron chi connectivity index (χ1n) is 6.61. The number of hydrogen-bond acceptors (Lipinski definition) is 3. The van der Waals surface area contributed by atoms with Crippen molar-refractivity contribution in [2.75, 3.05) is 11.9 Å². The Hall–Kier alpha value is -2.33. The van der Waals surface area contributed by atoms with Crippen molar-refractivity contribution >= 4 is 11.6 Å². The summed E-state index contributed by atoms with van der Waals surface area (Å²) in [7, 11) is 0. The van der Waals surface area contributed by atoms with Gasteiger partial charge in [0, 0.05) is 5.69 Å². The molecule has 20 heavy (non-hydrogen) atoms. The maximum Gasteiger partial charge on any atom is 0.255 e. The highest BCUT2D eigenvalue weighted by atomic mass is 16.5. The van der Waals surface area contributed by atoms with Crippen molar-refractivity contribution < 1.29 is 9.53 Å². The lowest BCUT2D eigenvalue weighted by Gasteiger charge is -2.27. The largest absolute Gasteiger partial charge is 0.373 e.